The number of carbonyl (C=O) groups is 1. The van der Waals surface area contributed by atoms with Crippen LogP contribution in [0, 0.1) is 0 Å². The first-order valence-electron chi connectivity index (χ1n) is 7.22. The topological polar surface area (TPSA) is 54.9 Å². The smallest absolute Gasteiger partial charge is 0.224 e. The Bertz CT molecular complexity index is 832. The molecule has 2 heterocycles. The third-order valence-corrected chi connectivity index (χ3v) is 4.88. The lowest BCUT2D eigenvalue weighted by Crippen LogP contribution is -2.13. The van der Waals surface area contributed by atoms with E-state index in [2.05, 4.69) is 15.3 Å². The van der Waals surface area contributed by atoms with Crippen molar-refractivity contribution in [2.45, 2.75) is 12.8 Å². The van der Waals surface area contributed by atoms with Crippen LogP contribution >= 0.6 is 34.5 Å². The molecule has 3 rings (SSSR count). The van der Waals surface area contributed by atoms with Crippen LogP contribution in [0.15, 0.2) is 48.1 Å². The molecule has 0 atom stereocenters. The van der Waals surface area contributed by atoms with Crippen molar-refractivity contribution in [2.75, 3.05) is 5.32 Å². The Morgan fingerprint density at radius 1 is 1.12 bits per heavy atom. The molecule has 7 heteroatoms. The summed E-state index contributed by atoms with van der Waals surface area (Å²) in [4.78, 5) is 20.7. The molecular formula is C17H13Cl2N3OS. The van der Waals surface area contributed by atoms with Crippen molar-refractivity contribution in [3.63, 3.8) is 0 Å². The molecule has 0 aliphatic heterocycles. The summed E-state index contributed by atoms with van der Waals surface area (Å²) in [6.45, 7) is 0. The molecule has 1 N–H and O–H groups in total. The molecule has 0 saturated carbocycles. The number of amides is 1. The van der Waals surface area contributed by atoms with E-state index in [4.69, 9.17) is 23.2 Å². The van der Waals surface area contributed by atoms with Crippen LogP contribution in [-0.4, -0.2) is 15.9 Å². The average molecular weight is 378 g/mol. The van der Waals surface area contributed by atoms with Gasteiger partial charge < -0.3 is 5.32 Å². The second-order valence-corrected chi connectivity index (χ2v) is 6.70. The van der Waals surface area contributed by atoms with Crippen molar-refractivity contribution in [1.82, 2.24) is 9.97 Å². The van der Waals surface area contributed by atoms with Gasteiger partial charge in [-0.3, -0.25) is 9.78 Å². The molecule has 1 aromatic carbocycles. The highest BCUT2D eigenvalue weighted by atomic mass is 35.5. The van der Waals surface area contributed by atoms with Crippen LogP contribution in [0.3, 0.4) is 0 Å². The van der Waals surface area contributed by atoms with E-state index in [1.54, 1.807) is 41.9 Å². The van der Waals surface area contributed by atoms with E-state index in [9.17, 15) is 4.79 Å². The van der Waals surface area contributed by atoms with Crippen molar-refractivity contribution in [3.05, 3.63) is 63.8 Å². The lowest BCUT2D eigenvalue weighted by Gasteiger charge is -2.08. The standard InChI is InChI=1S/C17H13Cl2N3OS/c18-13-2-1-3-14(19)16(13)22-15(23)5-4-12-10-24-17(21-12)11-6-8-20-9-7-11/h1-3,6-10H,4-5H2,(H,22,23). The molecule has 4 nitrogen and oxygen atoms in total. The minimum atomic E-state index is -0.150. The molecule has 1 amide bonds. The molecule has 0 saturated heterocycles. The molecule has 3 aromatic rings. The van der Waals surface area contributed by atoms with Gasteiger partial charge in [0.1, 0.15) is 5.01 Å². The predicted molar refractivity (Wildman–Crippen MR) is 98.8 cm³/mol. The fraction of sp³-hybridized carbons (Fsp3) is 0.118. The molecule has 0 aliphatic rings. The summed E-state index contributed by atoms with van der Waals surface area (Å²) >= 11 is 13.6. The summed E-state index contributed by atoms with van der Waals surface area (Å²) in [5.41, 5.74) is 2.35. The number of nitrogens with zero attached hydrogens (tertiary/aromatic N) is 2. The van der Waals surface area contributed by atoms with Gasteiger partial charge in [0, 0.05) is 29.8 Å². The number of rotatable bonds is 5. The maximum absolute atomic E-state index is 12.1. The van der Waals surface area contributed by atoms with Crippen molar-refractivity contribution in [3.8, 4) is 10.6 Å². The number of pyridine rings is 1. The number of anilines is 1. The maximum atomic E-state index is 12.1. The first-order chi connectivity index (χ1) is 11.6. The molecule has 122 valence electrons. The minimum Gasteiger partial charge on any atom is -0.324 e. The van der Waals surface area contributed by atoms with Gasteiger partial charge in [-0.2, -0.15) is 0 Å². The number of para-hydroxylation sites is 1. The number of aryl methyl sites for hydroxylation is 1. The molecule has 0 radical (unpaired) electrons. The zero-order valence-corrected chi connectivity index (χ0v) is 14.8. The predicted octanol–water partition coefficient (Wildman–Crippen LogP) is 5.08. The first kappa shape index (κ1) is 16.9. The Morgan fingerprint density at radius 3 is 2.54 bits per heavy atom. The minimum absolute atomic E-state index is 0.150. The number of hydrogen-bond acceptors (Lipinski definition) is 4. The van der Waals surface area contributed by atoms with E-state index in [0.29, 0.717) is 28.6 Å². The van der Waals surface area contributed by atoms with E-state index >= 15 is 0 Å². The zero-order valence-electron chi connectivity index (χ0n) is 12.5. The highest BCUT2D eigenvalue weighted by Crippen LogP contribution is 2.30. The Kier molecular flexibility index (Phi) is 5.45. The van der Waals surface area contributed by atoms with Gasteiger partial charge in [-0.1, -0.05) is 29.3 Å². The zero-order chi connectivity index (χ0) is 16.9. The van der Waals surface area contributed by atoms with Crippen molar-refractivity contribution in [1.29, 1.82) is 0 Å². The Morgan fingerprint density at radius 2 is 1.83 bits per heavy atom. The fourth-order valence-corrected chi connectivity index (χ4v) is 3.46. The quantitative estimate of drug-likeness (QED) is 0.673. The van der Waals surface area contributed by atoms with Crippen LogP contribution in [0.25, 0.3) is 10.6 Å². The van der Waals surface area contributed by atoms with Crippen LogP contribution in [0.4, 0.5) is 5.69 Å². The third-order valence-electron chi connectivity index (χ3n) is 3.31. The number of aromatic nitrogens is 2. The van der Waals surface area contributed by atoms with Crippen molar-refractivity contribution < 1.29 is 4.79 Å². The Hall–Kier alpha value is -1.95. The number of halogens is 2. The molecule has 24 heavy (non-hydrogen) atoms. The Balaban J connectivity index is 1.60. The van der Waals surface area contributed by atoms with Crippen molar-refractivity contribution >= 4 is 46.1 Å². The van der Waals surface area contributed by atoms with Crippen LogP contribution in [0.5, 0.6) is 0 Å². The van der Waals surface area contributed by atoms with Gasteiger partial charge in [-0.15, -0.1) is 11.3 Å². The van der Waals surface area contributed by atoms with Crippen LogP contribution < -0.4 is 5.32 Å². The highest BCUT2D eigenvalue weighted by Gasteiger charge is 2.11. The molecule has 0 fully saturated rings. The van der Waals surface area contributed by atoms with Crippen LogP contribution in [0.1, 0.15) is 12.1 Å². The lowest BCUT2D eigenvalue weighted by atomic mass is 10.2. The van der Waals surface area contributed by atoms with Gasteiger partial charge in [-0.05, 0) is 30.7 Å². The molecule has 0 unspecified atom stereocenters. The molecule has 0 bridgehead atoms. The van der Waals surface area contributed by atoms with Gasteiger partial charge >= 0.3 is 0 Å². The summed E-state index contributed by atoms with van der Waals surface area (Å²) in [5.74, 6) is -0.150. The van der Waals surface area contributed by atoms with E-state index in [0.717, 1.165) is 16.3 Å². The fourth-order valence-electron chi connectivity index (χ4n) is 2.11. The summed E-state index contributed by atoms with van der Waals surface area (Å²) < 4.78 is 0. The number of carbonyl (C=O) groups excluding carboxylic acids is 1. The highest BCUT2D eigenvalue weighted by molar-refractivity contribution is 7.13. The largest absolute Gasteiger partial charge is 0.324 e. The molecule has 0 spiro atoms. The summed E-state index contributed by atoms with van der Waals surface area (Å²) in [6, 6.07) is 8.93. The van der Waals surface area contributed by atoms with E-state index in [1.165, 1.54) is 0 Å². The average Bonchev–Trinajstić information content (AvgIpc) is 3.06. The second kappa shape index (κ2) is 7.75. The van der Waals surface area contributed by atoms with E-state index < -0.39 is 0 Å². The normalized spacial score (nSPS) is 10.6. The van der Waals surface area contributed by atoms with E-state index in [1.807, 2.05) is 17.5 Å². The molecular weight excluding hydrogens is 365 g/mol. The van der Waals surface area contributed by atoms with Gasteiger partial charge in [-0.25, -0.2) is 4.98 Å². The SMILES string of the molecule is O=C(CCc1csc(-c2ccncc2)n1)Nc1c(Cl)cccc1Cl. The summed E-state index contributed by atoms with van der Waals surface area (Å²) in [7, 11) is 0. The number of nitrogens with one attached hydrogen (secondary N) is 1. The van der Waals surface area contributed by atoms with Gasteiger partial charge in [0.15, 0.2) is 0 Å². The summed E-state index contributed by atoms with van der Waals surface area (Å²) in [5, 5.41) is 6.48. The molecule has 2 aromatic heterocycles. The summed E-state index contributed by atoms with van der Waals surface area (Å²) in [6.07, 6.45) is 4.32. The van der Waals surface area contributed by atoms with Crippen LogP contribution in [-0.2, 0) is 11.2 Å². The van der Waals surface area contributed by atoms with Crippen molar-refractivity contribution in [2.24, 2.45) is 0 Å². The lowest BCUT2D eigenvalue weighted by molar-refractivity contribution is -0.116. The van der Waals surface area contributed by atoms with E-state index in [-0.39, 0.29) is 5.91 Å². The maximum Gasteiger partial charge on any atom is 0.224 e. The van der Waals surface area contributed by atoms with Gasteiger partial charge in [0.05, 0.1) is 21.4 Å². The number of hydrogen-bond donors (Lipinski definition) is 1. The molecule has 0 aliphatic carbocycles. The van der Waals surface area contributed by atoms with Crippen LogP contribution in [0.2, 0.25) is 10.0 Å². The monoisotopic (exact) mass is 377 g/mol. The Labute approximate surface area is 153 Å². The van der Waals surface area contributed by atoms with Gasteiger partial charge in [0.25, 0.3) is 0 Å². The second-order valence-electron chi connectivity index (χ2n) is 5.02. The third kappa shape index (κ3) is 4.12. The van der Waals surface area contributed by atoms with Gasteiger partial charge in [0.2, 0.25) is 5.91 Å². The first-order valence-corrected chi connectivity index (χ1v) is 8.85. The number of benzene rings is 1. The number of thiazole rings is 1.